The van der Waals surface area contributed by atoms with Crippen LogP contribution in [-0.2, 0) is 10.2 Å². The van der Waals surface area contributed by atoms with E-state index in [-0.39, 0.29) is 6.04 Å². The van der Waals surface area contributed by atoms with Crippen LogP contribution < -0.4 is 10.0 Å². The van der Waals surface area contributed by atoms with Crippen molar-refractivity contribution >= 4 is 22.0 Å². The van der Waals surface area contributed by atoms with Crippen LogP contribution in [0.15, 0.2) is 0 Å². The van der Waals surface area contributed by atoms with Gasteiger partial charge in [0.1, 0.15) is 0 Å². The maximum Gasteiger partial charge on any atom is 0.279 e. The van der Waals surface area contributed by atoms with Gasteiger partial charge in [0.2, 0.25) is 0 Å². The minimum Gasteiger partial charge on any atom is -0.320 e. The first-order chi connectivity index (χ1) is 9.01. The average Bonchev–Trinajstić information content (AvgIpc) is 2.39. The van der Waals surface area contributed by atoms with Crippen LogP contribution in [0.2, 0.25) is 0 Å². The first-order valence-corrected chi connectivity index (χ1v) is 9.65. The molecule has 2 atom stereocenters. The minimum absolute atomic E-state index is 0.0838. The van der Waals surface area contributed by atoms with E-state index in [4.69, 9.17) is 0 Å². The number of hydrogen-bond donors (Lipinski definition) is 2. The zero-order chi connectivity index (χ0) is 14.3. The lowest BCUT2D eigenvalue weighted by molar-refractivity contribution is 0.396. The number of nitrogens with zero attached hydrogens (tertiary/aromatic N) is 1. The monoisotopic (exact) mass is 309 g/mol. The molecule has 114 valence electrons. The van der Waals surface area contributed by atoms with Crippen LogP contribution in [-0.4, -0.2) is 57.5 Å². The molecule has 1 fully saturated rings. The minimum atomic E-state index is -3.34. The van der Waals surface area contributed by atoms with Gasteiger partial charge in [-0.05, 0) is 39.1 Å². The third-order valence-electron chi connectivity index (χ3n) is 3.62. The topological polar surface area (TPSA) is 61.4 Å². The van der Waals surface area contributed by atoms with Crippen LogP contribution in [0.3, 0.4) is 0 Å². The second kappa shape index (κ2) is 8.46. The molecule has 7 heteroatoms. The largest absolute Gasteiger partial charge is 0.320 e. The molecule has 0 aromatic heterocycles. The van der Waals surface area contributed by atoms with Crippen molar-refractivity contribution in [2.24, 2.45) is 0 Å². The van der Waals surface area contributed by atoms with E-state index in [0.29, 0.717) is 11.8 Å². The van der Waals surface area contributed by atoms with Crippen LogP contribution in [0, 0.1) is 0 Å². The van der Waals surface area contributed by atoms with Crippen LogP contribution in [0.1, 0.15) is 32.1 Å². The van der Waals surface area contributed by atoms with Gasteiger partial charge in [-0.3, -0.25) is 0 Å². The highest BCUT2D eigenvalue weighted by Crippen LogP contribution is 2.27. The zero-order valence-electron chi connectivity index (χ0n) is 12.2. The molecule has 0 saturated heterocycles. The van der Waals surface area contributed by atoms with Gasteiger partial charge in [-0.25, -0.2) is 0 Å². The molecule has 2 unspecified atom stereocenters. The summed E-state index contributed by atoms with van der Waals surface area (Å²) in [6.45, 7) is 1.38. The van der Waals surface area contributed by atoms with Crippen molar-refractivity contribution in [3.05, 3.63) is 0 Å². The molecule has 1 saturated carbocycles. The third-order valence-corrected chi connectivity index (χ3v) is 6.39. The molecule has 1 rings (SSSR count). The first kappa shape index (κ1) is 17.2. The molecule has 5 nitrogen and oxygen atoms in total. The SMILES string of the molecule is CNCCCN(C)S(=O)(=O)NC1CCCCC1SC. The number of rotatable bonds is 8. The van der Waals surface area contributed by atoms with Gasteiger partial charge in [0.15, 0.2) is 0 Å². The molecule has 0 spiro atoms. The normalized spacial score (nSPS) is 24.8. The lowest BCUT2D eigenvalue weighted by Gasteiger charge is -2.32. The fraction of sp³-hybridized carbons (Fsp3) is 1.00. The molecular formula is C12H27N3O2S2. The third kappa shape index (κ3) is 5.59. The Labute approximate surface area is 122 Å². The molecule has 0 aromatic carbocycles. The van der Waals surface area contributed by atoms with Crippen LogP contribution >= 0.6 is 11.8 Å². The fourth-order valence-electron chi connectivity index (χ4n) is 2.39. The molecule has 1 aliphatic rings. The summed E-state index contributed by atoms with van der Waals surface area (Å²) in [5.41, 5.74) is 0. The Balaban J connectivity index is 2.52. The highest BCUT2D eigenvalue weighted by atomic mass is 32.2. The van der Waals surface area contributed by atoms with Crippen molar-refractivity contribution in [1.82, 2.24) is 14.3 Å². The molecule has 0 aromatic rings. The van der Waals surface area contributed by atoms with E-state index in [0.717, 1.165) is 32.2 Å². The molecule has 2 N–H and O–H groups in total. The van der Waals surface area contributed by atoms with Gasteiger partial charge in [0.05, 0.1) is 0 Å². The Morgan fingerprint density at radius 3 is 2.63 bits per heavy atom. The Hall–Kier alpha value is 0.180. The highest BCUT2D eigenvalue weighted by Gasteiger charge is 2.29. The smallest absolute Gasteiger partial charge is 0.279 e. The summed E-state index contributed by atoms with van der Waals surface area (Å²) in [7, 11) is 0.179. The number of thioether (sulfide) groups is 1. The summed E-state index contributed by atoms with van der Waals surface area (Å²) >= 11 is 1.77. The van der Waals surface area contributed by atoms with E-state index in [9.17, 15) is 8.42 Å². The lowest BCUT2D eigenvalue weighted by atomic mass is 9.96. The Morgan fingerprint density at radius 2 is 2.00 bits per heavy atom. The quantitative estimate of drug-likeness (QED) is 0.658. The first-order valence-electron chi connectivity index (χ1n) is 6.92. The standard InChI is InChI=1S/C12H27N3O2S2/c1-13-9-6-10-15(2)19(16,17)14-11-7-4-5-8-12(11)18-3/h11-14H,4-10H2,1-3H3. The van der Waals surface area contributed by atoms with Gasteiger partial charge in [-0.15, -0.1) is 0 Å². The van der Waals surface area contributed by atoms with Crippen LogP contribution in [0.5, 0.6) is 0 Å². The molecule has 0 aliphatic heterocycles. The van der Waals surface area contributed by atoms with Gasteiger partial charge >= 0.3 is 0 Å². The van der Waals surface area contributed by atoms with Crippen molar-refractivity contribution < 1.29 is 8.42 Å². The van der Waals surface area contributed by atoms with Gasteiger partial charge in [0.25, 0.3) is 10.2 Å². The number of hydrogen-bond acceptors (Lipinski definition) is 4. The molecule has 19 heavy (non-hydrogen) atoms. The average molecular weight is 310 g/mol. The van der Waals surface area contributed by atoms with Crippen molar-refractivity contribution in [2.75, 3.05) is 33.4 Å². The lowest BCUT2D eigenvalue weighted by Crippen LogP contribution is -2.49. The molecular weight excluding hydrogens is 282 g/mol. The Morgan fingerprint density at radius 1 is 1.32 bits per heavy atom. The Kier molecular flexibility index (Phi) is 7.68. The summed E-state index contributed by atoms with van der Waals surface area (Å²) in [6.07, 6.45) is 7.28. The summed E-state index contributed by atoms with van der Waals surface area (Å²) in [6, 6.07) is 0.0838. The van der Waals surface area contributed by atoms with Gasteiger partial charge in [0, 0.05) is 24.9 Å². The molecule has 0 heterocycles. The second-order valence-electron chi connectivity index (χ2n) is 5.07. The van der Waals surface area contributed by atoms with Crippen LogP contribution in [0.25, 0.3) is 0 Å². The molecule has 1 aliphatic carbocycles. The van der Waals surface area contributed by atoms with E-state index >= 15 is 0 Å². The van der Waals surface area contributed by atoms with E-state index < -0.39 is 10.2 Å². The highest BCUT2D eigenvalue weighted by molar-refractivity contribution is 7.99. The predicted octanol–water partition coefficient (Wildman–Crippen LogP) is 1.04. The van der Waals surface area contributed by atoms with E-state index in [1.54, 1.807) is 18.8 Å². The van der Waals surface area contributed by atoms with Gasteiger partial charge < -0.3 is 5.32 Å². The van der Waals surface area contributed by atoms with Crippen molar-refractivity contribution in [3.63, 3.8) is 0 Å². The Bertz CT molecular complexity index is 349. The molecule has 0 radical (unpaired) electrons. The number of nitrogens with one attached hydrogen (secondary N) is 2. The van der Waals surface area contributed by atoms with E-state index in [1.165, 1.54) is 10.7 Å². The second-order valence-corrected chi connectivity index (χ2v) is 7.95. The van der Waals surface area contributed by atoms with Gasteiger partial charge in [-0.1, -0.05) is 12.8 Å². The van der Waals surface area contributed by atoms with Crippen LogP contribution in [0.4, 0.5) is 0 Å². The summed E-state index contributed by atoms with van der Waals surface area (Å²) in [5, 5.41) is 3.44. The summed E-state index contributed by atoms with van der Waals surface area (Å²) < 4.78 is 28.8. The van der Waals surface area contributed by atoms with E-state index in [2.05, 4.69) is 16.3 Å². The fourth-order valence-corrected chi connectivity index (χ4v) is 4.63. The zero-order valence-corrected chi connectivity index (χ0v) is 13.8. The maximum atomic E-state index is 12.2. The maximum absolute atomic E-state index is 12.2. The van der Waals surface area contributed by atoms with Gasteiger partial charge in [-0.2, -0.15) is 29.2 Å². The van der Waals surface area contributed by atoms with E-state index in [1.807, 2.05) is 7.05 Å². The molecule has 0 amide bonds. The molecule has 0 bridgehead atoms. The summed E-state index contributed by atoms with van der Waals surface area (Å²) in [5.74, 6) is 0. The predicted molar refractivity (Wildman–Crippen MR) is 82.8 cm³/mol. The summed E-state index contributed by atoms with van der Waals surface area (Å²) in [4.78, 5) is 0. The van der Waals surface area contributed by atoms with Crippen molar-refractivity contribution in [1.29, 1.82) is 0 Å². The van der Waals surface area contributed by atoms with Crippen molar-refractivity contribution in [2.45, 2.75) is 43.4 Å². The van der Waals surface area contributed by atoms with Crippen molar-refractivity contribution in [3.8, 4) is 0 Å².